The van der Waals surface area contributed by atoms with Crippen LogP contribution in [0.15, 0.2) is 28.7 Å². The van der Waals surface area contributed by atoms with Crippen LogP contribution in [-0.4, -0.2) is 35.0 Å². The molecule has 5 heteroatoms. The Morgan fingerprint density at radius 3 is 2.57 bits per heavy atom. The third kappa shape index (κ3) is 4.84. The van der Waals surface area contributed by atoms with Crippen molar-refractivity contribution in [1.82, 2.24) is 4.90 Å². The van der Waals surface area contributed by atoms with Crippen molar-refractivity contribution >= 4 is 27.8 Å². The molecule has 0 spiro atoms. The third-order valence-corrected chi connectivity index (χ3v) is 4.44. The Morgan fingerprint density at radius 1 is 1.24 bits per heavy atom. The molecule has 0 saturated carbocycles. The minimum Gasteiger partial charge on any atom is -0.481 e. The molecule has 0 aromatic heterocycles. The summed E-state index contributed by atoms with van der Waals surface area (Å²) < 4.78 is 1.07. The first-order chi connectivity index (χ1) is 10.1. The van der Waals surface area contributed by atoms with Crippen molar-refractivity contribution < 1.29 is 14.7 Å². The summed E-state index contributed by atoms with van der Waals surface area (Å²) in [6, 6.07) is 8.22. The van der Waals surface area contributed by atoms with Crippen LogP contribution in [0.3, 0.4) is 0 Å². The number of hydrogen-bond donors (Lipinski definition) is 1. The van der Waals surface area contributed by atoms with Gasteiger partial charge in [-0.15, -0.1) is 0 Å². The van der Waals surface area contributed by atoms with Crippen molar-refractivity contribution in [2.24, 2.45) is 5.92 Å². The molecule has 1 aromatic carbocycles. The Bertz CT molecular complexity index is 501. The summed E-state index contributed by atoms with van der Waals surface area (Å²) in [7, 11) is 0. The van der Waals surface area contributed by atoms with E-state index in [0.717, 1.165) is 23.7 Å². The smallest absolute Gasteiger partial charge is 0.308 e. The largest absolute Gasteiger partial charge is 0.481 e. The van der Waals surface area contributed by atoms with Crippen LogP contribution in [0.2, 0.25) is 0 Å². The van der Waals surface area contributed by atoms with E-state index < -0.39 is 5.97 Å². The number of rotatable bonds is 6. The molecule has 4 nitrogen and oxygen atoms in total. The molecule has 0 bridgehead atoms. The highest BCUT2D eigenvalue weighted by atomic mass is 79.9. The molecule has 1 atom stereocenters. The van der Waals surface area contributed by atoms with Gasteiger partial charge in [-0.1, -0.05) is 28.1 Å². The molecule has 114 valence electrons. The van der Waals surface area contributed by atoms with E-state index in [-0.39, 0.29) is 11.8 Å². The molecule has 0 radical (unpaired) electrons. The lowest BCUT2D eigenvalue weighted by atomic mass is 10.1. The van der Waals surface area contributed by atoms with E-state index >= 15 is 0 Å². The van der Waals surface area contributed by atoms with Crippen LogP contribution in [-0.2, 0) is 16.0 Å². The van der Waals surface area contributed by atoms with E-state index in [9.17, 15) is 9.59 Å². The van der Waals surface area contributed by atoms with Gasteiger partial charge in [-0.2, -0.15) is 0 Å². The molecule has 1 fully saturated rings. The summed E-state index contributed by atoms with van der Waals surface area (Å²) in [6.45, 7) is 0.962. The number of amides is 1. The first-order valence-corrected chi connectivity index (χ1v) is 8.10. The van der Waals surface area contributed by atoms with Gasteiger partial charge in [0.15, 0.2) is 0 Å². The molecule has 1 aromatic rings. The highest BCUT2D eigenvalue weighted by molar-refractivity contribution is 9.10. The Hall–Kier alpha value is -1.36. The van der Waals surface area contributed by atoms with Crippen LogP contribution in [0.1, 0.15) is 31.2 Å². The lowest BCUT2D eigenvalue weighted by molar-refractivity contribution is -0.141. The first-order valence-electron chi connectivity index (χ1n) is 7.31. The van der Waals surface area contributed by atoms with Gasteiger partial charge in [0, 0.05) is 24.0 Å². The zero-order valence-corrected chi connectivity index (χ0v) is 13.5. The van der Waals surface area contributed by atoms with E-state index in [1.165, 1.54) is 5.56 Å². The second-order valence-electron chi connectivity index (χ2n) is 5.50. The van der Waals surface area contributed by atoms with Gasteiger partial charge in [-0.25, -0.2) is 0 Å². The van der Waals surface area contributed by atoms with E-state index in [2.05, 4.69) is 28.1 Å². The highest BCUT2D eigenvalue weighted by Gasteiger charge is 2.30. The van der Waals surface area contributed by atoms with Gasteiger partial charge >= 0.3 is 5.97 Å². The number of unbranched alkanes of at least 4 members (excludes halogenated alkanes) is 1. The highest BCUT2D eigenvalue weighted by Crippen LogP contribution is 2.18. The lowest BCUT2D eigenvalue weighted by Gasteiger charge is -2.15. The van der Waals surface area contributed by atoms with Crippen molar-refractivity contribution in [1.29, 1.82) is 0 Å². The average Bonchev–Trinajstić information content (AvgIpc) is 2.95. The molecule has 1 aliphatic rings. The maximum Gasteiger partial charge on any atom is 0.308 e. The molecule has 21 heavy (non-hydrogen) atoms. The standard InChI is InChI=1S/C16H20BrNO3/c17-14-7-5-12(6-8-14)3-1-2-4-15(19)18-10-9-13(11-18)16(20)21/h5-8,13H,1-4,9-11H2,(H,20,21). The fourth-order valence-corrected chi connectivity index (χ4v) is 2.87. The second kappa shape index (κ2) is 7.59. The maximum atomic E-state index is 12.0. The van der Waals surface area contributed by atoms with Crippen LogP contribution in [0, 0.1) is 5.92 Å². The van der Waals surface area contributed by atoms with Crippen LogP contribution < -0.4 is 0 Å². The van der Waals surface area contributed by atoms with Gasteiger partial charge in [0.1, 0.15) is 0 Å². The van der Waals surface area contributed by atoms with Crippen molar-refractivity contribution in [2.45, 2.75) is 32.1 Å². The van der Waals surface area contributed by atoms with Crippen LogP contribution in [0.4, 0.5) is 0 Å². The zero-order chi connectivity index (χ0) is 15.2. The summed E-state index contributed by atoms with van der Waals surface area (Å²) in [5.41, 5.74) is 1.28. The second-order valence-corrected chi connectivity index (χ2v) is 6.41. The van der Waals surface area contributed by atoms with Gasteiger partial charge in [0.25, 0.3) is 0 Å². The van der Waals surface area contributed by atoms with Crippen LogP contribution in [0.25, 0.3) is 0 Å². The molecule has 1 heterocycles. The summed E-state index contributed by atoms with van der Waals surface area (Å²) in [5.74, 6) is -1.08. The predicted molar refractivity (Wildman–Crippen MR) is 84.0 cm³/mol. The average molecular weight is 354 g/mol. The molecule has 1 unspecified atom stereocenters. The first kappa shape index (κ1) is 16.0. The molecule has 1 N–H and O–H groups in total. The van der Waals surface area contributed by atoms with Gasteiger partial charge in [0.05, 0.1) is 5.92 Å². The SMILES string of the molecule is O=C(O)C1CCN(C(=O)CCCCc2ccc(Br)cc2)C1. The number of aryl methyl sites for hydroxylation is 1. The number of nitrogens with zero attached hydrogens (tertiary/aromatic N) is 1. The molecular weight excluding hydrogens is 334 g/mol. The molecule has 1 saturated heterocycles. The van der Waals surface area contributed by atoms with E-state index in [1.54, 1.807) is 4.90 Å². The summed E-state index contributed by atoms with van der Waals surface area (Å²) in [4.78, 5) is 24.6. The number of halogens is 1. The Kier molecular flexibility index (Phi) is 5.79. The molecule has 1 amide bonds. The Morgan fingerprint density at radius 2 is 1.95 bits per heavy atom. The van der Waals surface area contributed by atoms with Gasteiger partial charge in [-0.3, -0.25) is 9.59 Å². The van der Waals surface area contributed by atoms with Gasteiger partial charge < -0.3 is 10.0 Å². The van der Waals surface area contributed by atoms with Crippen LogP contribution >= 0.6 is 15.9 Å². The number of carboxylic acid groups (broad SMARTS) is 1. The minimum absolute atomic E-state index is 0.0922. The maximum absolute atomic E-state index is 12.0. The summed E-state index contributed by atoms with van der Waals surface area (Å²) in [6.07, 6.45) is 3.90. The Labute approximate surface area is 133 Å². The number of benzene rings is 1. The fourth-order valence-electron chi connectivity index (χ4n) is 2.60. The number of hydrogen-bond acceptors (Lipinski definition) is 2. The molecular formula is C16H20BrNO3. The van der Waals surface area contributed by atoms with Crippen molar-refractivity contribution in [3.8, 4) is 0 Å². The number of aliphatic carboxylic acids is 1. The van der Waals surface area contributed by atoms with Gasteiger partial charge in [0.2, 0.25) is 5.91 Å². The normalized spacial score (nSPS) is 18.0. The molecule has 2 rings (SSSR count). The minimum atomic E-state index is -0.791. The monoisotopic (exact) mass is 353 g/mol. The van der Waals surface area contributed by atoms with Crippen molar-refractivity contribution in [3.63, 3.8) is 0 Å². The topological polar surface area (TPSA) is 57.6 Å². The lowest BCUT2D eigenvalue weighted by Crippen LogP contribution is -2.29. The molecule has 1 aliphatic heterocycles. The van der Waals surface area contributed by atoms with E-state index in [0.29, 0.717) is 25.9 Å². The molecule has 0 aliphatic carbocycles. The fraction of sp³-hybridized carbons (Fsp3) is 0.500. The van der Waals surface area contributed by atoms with Crippen molar-refractivity contribution in [2.75, 3.05) is 13.1 Å². The van der Waals surface area contributed by atoms with Gasteiger partial charge in [-0.05, 0) is 43.4 Å². The Balaban J connectivity index is 1.66. The predicted octanol–water partition coefficient (Wildman–Crippen LogP) is 3.10. The van der Waals surface area contributed by atoms with Crippen LogP contribution in [0.5, 0.6) is 0 Å². The number of likely N-dealkylation sites (tertiary alicyclic amines) is 1. The summed E-state index contributed by atoms with van der Waals surface area (Å²) in [5, 5.41) is 8.93. The third-order valence-electron chi connectivity index (χ3n) is 3.91. The van der Waals surface area contributed by atoms with Crippen molar-refractivity contribution in [3.05, 3.63) is 34.3 Å². The number of carbonyl (C=O) groups excluding carboxylic acids is 1. The zero-order valence-electron chi connectivity index (χ0n) is 11.9. The number of carboxylic acids is 1. The summed E-state index contributed by atoms with van der Waals surface area (Å²) >= 11 is 3.41. The van der Waals surface area contributed by atoms with E-state index in [1.807, 2.05) is 12.1 Å². The van der Waals surface area contributed by atoms with E-state index in [4.69, 9.17) is 5.11 Å². The quantitative estimate of drug-likeness (QED) is 0.799. The number of carbonyl (C=O) groups is 2.